The SMILES string of the molecule is Fc1c(I)ccc(CCl)c1I. The van der Waals surface area contributed by atoms with Crippen molar-refractivity contribution in [3.05, 3.63) is 30.7 Å². The van der Waals surface area contributed by atoms with Gasteiger partial charge in [-0.1, -0.05) is 6.07 Å². The Morgan fingerprint density at radius 3 is 2.55 bits per heavy atom. The van der Waals surface area contributed by atoms with Gasteiger partial charge in [-0.15, -0.1) is 11.6 Å². The molecule has 0 N–H and O–H groups in total. The Bertz CT molecular complexity index is 275. The maximum absolute atomic E-state index is 13.1. The number of halogens is 4. The van der Waals surface area contributed by atoms with Gasteiger partial charge in [0, 0.05) is 9.45 Å². The highest BCUT2D eigenvalue weighted by molar-refractivity contribution is 14.1. The Labute approximate surface area is 96.8 Å². The van der Waals surface area contributed by atoms with E-state index >= 15 is 0 Å². The van der Waals surface area contributed by atoms with Crippen molar-refractivity contribution in [2.24, 2.45) is 0 Å². The summed E-state index contributed by atoms with van der Waals surface area (Å²) in [5.74, 6) is 0.205. The molecule has 0 aromatic heterocycles. The highest BCUT2D eigenvalue weighted by Crippen LogP contribution is 2.22. The number of alkyl halides is 1. The molecule has 0 fully saturated rings. The van der Waals surface area contributed by atoms with Gasteiger partial charge in [-0.3, -0.25) is 0 Å². The topological polar surface area (TPSA) is 0 Å². The van der Waals surface area contributed by atoms with Crippen molar-refractivity contribution in [3.8, 4) is 0 Å². The first-order chi connectivity index (χ1) is 5.16. The first kappa shape index (κ1) is 9.98. The summed E-state index contributed by atoms with van der Waals surface area (Å²) in [6, 6.07) is 3.58. The summed E-state index contributed by atoms with van der Waals surface area (Å²) in [5, 5.41) is 0. The van der Waals surface area contributed by atoms with Gasteiger partial charge in [0.05, 0.1) is 3.57 Å². The van der Waals surface area contributed by atoms with Crippen LogP contribution in [0, 0.1) is 13.0 Å². The summed E-state index contributed by atoms with van der Waals surface area (Å²) in [6.45, 7) is 0. The van der Waals surface area contributed by atoms with Gasteiger partial charge in [-0.2, -0.15) is 0 Å². The Balaban J connectivity index is 3.25. The number of benzene rings is 1. The zero-order valence-corrected chi connectivity index (χ0v) is 10.4. The lowest BCUT2D eigenvalue weighted by Gasteiger charge is -2.02. The molecule has 0 nitrogen and oxygen atoms in total. The molecule has 1 aromatic rings. The predicted molar refractivity (Wildman–Crippen MR) is 61.4 cm³/mol. The summed E-state index contributed by atoms with van der Waals surface area (Å²) < 4.78 is 14.4. The Morgan fingerprint density at radius 2 is 2.00 bits per heavy atom. The van der Waals surface area contributed by atoms with Crippen molar-refractivity contribution in [1.29, 1.82) is 0 Å². The van der Waals surface area contributed by atoms with Crippen LogP contribution in [0.25, 0.3) is 0 Å². The maximum atomic E-state index is 13.1. The van der Waals surface area contributed by atoms with E-state index in [2.05, 4.69) is 0 Å². The van der Waals surface area contributed by atoms with Crippen molar-refractivity contribution in [2.75, 3.05) is 0 Å². The van der Waals surface area contributed by atoms with Gasteiger partial charge in [0.1, 0.15) is 5.82 Å². The quantitative estimate of drug-likeness (QED) is 0.385. The lowest BCUT2D eigenvalue weighted by Crippen LogP contribution is -1.92. The molecule has 0 radical (unpaired) electrons. The number of rotatable bonds is 1. The highest BCUT2D eigenvalue weighted by Gasteiger charge is 2.07. The van der Waals surface area contributed by atoms with Crippen LogP contribution >= 0.6 is 56.8 Å². The molecular weight excluding hydrogens is 392 g/mol. The lowest BCUT2D eigenvalue weighted by molar-refractivity contribution is 0.611. The summed E-state index contributed by atoms with van der Waals surface area (Å²) in [5.41, 5.74) is 0.852. The van der Waals surface area contributed by atoms with E-state index in [-0.39, 0.29) is 5.82 Å². The molecule has 0 aliphatic heterocycles. The van der Waals surface area contributed by atoms with Crippen LogP contribution in [-0.2, 0) is 5.88 Å². The molecule has 0 aliphatic carbocycles. The third kappa shape index (κ3) is 2.18. The zero-order chi connectivity index (χ0) is 8.43. The largest absolute Gasteiger partial charge is 0.205 e. The fourth-order valence-corrected chi connectivity index (χ4v) is 2.74. The third-order valence-electron chi connectivity index (χ3n) is 1.26. The minimum absolute atomic E-state index is 0.163. The molecule has 60 valence electrons. The molecule has 0 amide bonds. The van der Waals surface area contributed by atoms with E-state index in [1.54, 1.807) is 6.07 Å². The molecular formula is C7H4ClFI2. The van der Waals surface area contributed by atoms with Crippen molar-refractivity contribution in [2.45, 2.75) is 5.88 Å². The summed E-state index contributed by atoms with van der Waals surface area (Å²) >= 11 is 9.51. The van der Waals surface area contributed by atoms with Crippen LogP contribution in [0.15, 0.2) is 12.1 Å². The number of hydrogen-bond acceptors (Lipinski definition) is 0. The van der Waals surface area contributed by atoms with E-state index in [0.717, 1.165) is 5.56 Å². The molecule has 11 heavy (non-hydrogen) atoms. The van der Waals surface area contributed by atoms with E-state index in [1.165, 1.54) is 0 Å². The van der Waals surface area contributed by atoms with Crippen LogP contribution in [0.1, 0.15) is 5.56 Å². The predicted octanol–water partition coefficient (Wildman–Crippen LogP) is 3.77. The third-order valence-corrected chi connectivity index (χ3v) is 3.55. The van der Waals surface area contributed by atoms with Crippen molar-refractivity contribution in [3.63, 3.8) is 0 Å². The van der Waals surface area contributed by atoms with Crippen LogP contribution in [0.2, 0.25) is 0 Å². The monoisotopic (exact) mass is 396 g/mol. The molecule has 0 bridgehead atoms. The molecule has 0 atom stereocenters. The average Bonchev–Trinajstić information content (AvgIpc) is 2.01. The molecule has 4 heteroatoms. The molecule has 0 spiro atoms. The molecule has 0 saturated carbocycles. The van der Waals surface area contributed by atoms with Crippen molar-refractivity contribution < 1.29 is 4.39 Å². The van der Waals surface area contributed by atoms with Gasteiger partial charge in [-0.25, -0.2) is 4.39 Å². The van der Waals surface area contributed by atoms with Crippen LogP contribution in [0.4, 0.5) is 4.39 Å². The van der Waals surface area contributed by atoms with Gasteiger partial charge in [0.15, 0.2) is 0 Å². The minimum atomic E-state index is -0.163. The molecule has 0 saturated heterocycles. The van der Waals surface area contributed by atoms with E-state index in [0.29, 0.717) is 13.0 Å². The lowest BCUT2D eigenvalue weighted by atomic mass is 10.2. The molecule has 1 aromatic carbocycles. The van der Waals surface area contributed by atoms with E-state index < -0.39 is 0 Å². The van der Waals surface area contributed by atoms with E-state index in [1.807, 2.05) is 51.2 Å². The van der Waals surface area contributed by atoms with Gasteiger partial charge in [0.2, 0.25) is 0 Å². The Hall–Kier alpha value is 0.900. The zero-order valence-electron chi connectivity index (χ0n) is 5.37. The fourth-order valence-electron chi connectivity index (χ4n) is 0.669. The molecule has 0 heterocycles. The van der Waals surface area contributed by atoms with Gasteiger partial charge < -0.3 is 0 Å². The van der Waals surface area contributed by atoms with E-state index in [9.17, 15) is 4.39 Å². The summed E-state index contributed by atoms with van der Waals surface area (Å²) in [6.07, 6.45) is 0. The first-order valence-corrected chi connectivity index (χ1v) is 5.54. The van der Waals surface area contributed by atoms with Crippen LogP contribution < -0.4 is 0 Å². The normalized spacial score (nSPS) is 10.2. The summed E-state index contributed by atoms with van der Waals surface area (Å²) in [7, 11) is 0. The van der Waals surface area contributed by atoms with Gasteiger partial charge in [0.25, 0.3) is 0 Å². The molecule has 1 rings (SSSR count). The average molecular weight is 396 g/mol. The second kappa shape index (κ2) is 4.23. The minimum Gasteiger partial charge on any atom is -0.205 e. The van der Waals surface area contributed by atoms with Crippen LogP contribution in [0.5, 0.6) is 0 Å². The second-order valence-electron chi connectivity index (χ2n) is 1.97. The first-order valence-electron chi connectivity index (χ1n) is 2.85. The highest BCUT2D eigenvalue weighted by atomic mass is 127. The maximum Gasteiger partial charge on any atom is 0.150 e. The standard InChI is InChI=1S/C7H4ClFI2/c8-3-4-1-2-5(10)6(9)7(4)11/h1-2H,3H2. The van der Waals surface area contributed by atoms with Crippen molar-refractivity contribution >= 4 is 56.8 Å². The van der Waals surface area contributed by atoms with E-state index in [4.69, 9.17) is 11.6 Å². The second-order valence-corrected chi connectivity index (χ2v) is 4.48. The summed E-state index contributed by atoms with van der Waals surface area (Å²) in [4.78, 5) is 0. The van der Waals surface area contributed by atoms with Crippen molar-refractivity contribution in [1.82, 2.24) is 0 Å². The smallest absolute Gasteiger partial charge is 0.150 e. The molecule has 0 aliphatic rings. The van der Waals surface area contributed by atoms with Gasteiger partial charge in [-0.05, 0) is 56.8 Å². The van der Waals surface area contributed by atoms with Crippen LogP contribution in [-0.4, -0.2) is 0 Å². The Kier molecular flexibility index (Phi) is 3.84. The molecule has 0 unspecified atom stereocenters. The Morgan fingerprint density at radius 1 is 1.36 bits per heavy atom. The van der Waals surface area contributed by atoms with Gasteiger partial charge >= 0.3 is 0 Å². The number of hydrogen-bond donors (Lipinski definition) is 0. The fraction of sp³-hybridized carbons (Fsp3) is 0.143. The van der Waals surface area contributed by atoms with Crippen LogP contribution in [0.3, 0.4) is 0 Å².